The van der Waals surface area contributed by atoms with Crippen molar-refractivity contribution < 1.29 is 14.3 Å². The fraction of sp³-hybridized carbons (Fsp3) is 0.800. The molecule has 0 heterocycles. The van der Waals surface area contributed by atoms with E-state index in [9.17, 15) is 9.90 Å². The van der Waals surface area contributed by atoms with Crippen molar-refractivity contribution >= 4 is 5.97 Å². The first-order valence-corrected chi connectivity index (χ1v) is 6.77. The first-order valence-electron chi connectivity index (χ1n) is 6.77. The van der Waals surface area contributed by atoms with Gasteiger partial charge in [-0.15, -0.1) is 0 Å². The molecule has 0 aliphatic heterocycles. The third-order valence-corrected chi connectivity index (χ3v) is 5.53. The van der Waals surface area contributed by atoms with Crippen LogP contribution in [0.2, 0.25) is 0 Å². The number of alkyl halides is 1. The van der Waals surface area contributed by atoms with Crippen molar-refractivity contribution in [1.29, 1.82) is 0 Å². The minimum absolute atomic E-state index is 0.0144. The van der Waals surface area contributed by atoms with Crippen LogP contribution in [0, 0.1) is 16.7 Å². The zero-order valence-electron chi connectivity index (χ0n) is 11.6. The lowest BCUT2D eigenvalue weighted by Crippen LogP contribution is -2.61. The van der Waals surface area contributed by atoms with Crippen LogP contribution < -0.4 is 0 Å². The molecule has 0 aromatic heterocycles. The molecule has 2 fully saturated rings. The van der Waals surface area contributed by atoms with E-state index >= 15 is 4.39 Å². The van der Waals surface area contributed by atoms with Crippen molar-refractivity contribution in [3.63, 3.8) is 0 Å². The van der Waals surface area contributed by atoms with Gasteiger partial charge < -0.3 is 5.11 Å². The Hall–Kier alpha value is -0.860. The fourth-order valence-electron chi connectivity index (χ4n) is 4.53. The number of fused-ring (bicyclic) bond motifs is 1. The third-order valence-electron chi connectivity index (χ3n) is 5.53. The van der Waals surface area contributed by atoms with Gasteiger partial charge in [-0.3, -0.25) is 0 Å². The topological polar surface area (TPSA) is 37.3 Å². The normalized spacial score (nSPS) is 43.3. The van der Waals surface area contributed by atoms with Crippen molar-refractivity contribution in [3.05, 3.63) is 12.2 Å². The summed E-state index contributed by atoms with van der Waals surface area (Å²) in [5, 5.41) is 9.41. The van der Waals surface area contributed by atoms with Crippen molar-refractivity contribution in [2.24, 2.45) is 16.7 Å². The Morgan fingerprint density at radius 1 is 1.39 bits per heavy atom. The lowest BCUT2D eigenvalue weighted by atomic mass is 9.46. The smallest absolute Gasteiger partial charge is 0.346 e. The van der Waals surface area contributed by atoms with Crippen LogP contribution in [0.25, 0.3) is 0 Å². The molecule has 0 bridgehead atoms. The minimum atomic E-state index is -2.26. The molecule has 0 aromatic rings. The average molecular weight is 254 g/mol. The maximum absolute atomic E-state index is 15.3. The van der Waals surface area contributed by atoms with E-state index in [4.69, 9.17) is 0 Å². The molecule has 3 atom stereocenters. The molecule has 2 nitrogen and oxygen atoms in total. The van der Waals surface area contributed by atoms with Crippen LogP contribution in [0.15, 0.2) is 12.2 Å². The number of aliphatic carboxylic acids is 1. The van der Waals surface area contributed by atoms with E-state index in [-0.39, 0.29) is 16.9 Å². The molecule has 2 aliphatic carbocycles. The molecule has 0 aromatic carbocycles. The molecule has 2 saturated carbocycles. The van der Waals surface area contributed by atoms with Crippen LogP contribution >= 0.6 is 0 Å². The second-order valence-electron chi connectivity index (χ2n) is 6.92. The van der Waals surface area contributed by atoms with E-state index in [0.717, 1.165) is 19.3 Å². The molecule has 0 spiro atoms. The summed E-state index contributed by atoms with van der Waals surface area (Å²) in [4.78, 5) is 11.5. The SMILES string of the molecule is C=C1CC[C@H]2C(C)(C)CCC[C@]2(C)[C@@]1(F)C(=O)O. The predicted octanol–water partition coefficient (Wildman–Crippen LogP) is 3.96. The maximum atomic E-state index is 15.3. The zero-order chi connectivity index (χ0) is 13.8. The number of hydrogen-bond acceptors (Lipinski definition) is 1. The van der Waals surface area contributed by atoms with Crippen LogP contribution in [0.5, 0.6) is 0 Å². The van der Waals surface area contributed by atoms with Crippen molar-refractivity contribution in [2.45, 2.75) is 58.5 Å². The largest absolute Gasteiger partial charge is 0.479 e. The molecule has 2 rings (SSSR count). The summed E-state index contributed by atoms with van der Waals surface area (Å²) < 4.78 is 15.3. The van der Waals surface area contributed by atoms with Gasteiger partial charge in [0.25, 0.3) is 0 Å². The average Bonchev–Trinajstić information content (AvgIpc) is 2.24. The van der Waals surface area contributed by atoms with E-state index in [1.54, 1.807) is 0 Å². The molecule has 0 saturated heterocycles. The zero-order valence-corrected chi connectivity index (χ0v) is 11.6. The Kier molecular flexibility index (Phi) is 2.88. The Morgan fingerprint density at radius 3 is 2.56 bits per heavy atom. The number of carboxylic acid groups (broad SMARTS) is 1. The van der Waals surface area contributed by atoms with Gasteiger partial charge >= 0.3 is 5.97 Å². The van der Waals surface area contributed by atoms with Crippen LogP contribution in [0.3, 0.4) is 0 Å². The lowest BCUT2D eigenvalue weighted by Gasteiger charge is -2.58. The fourth-order valence-corrected chi connectivity index (χ4v) is 4.53. The molecular weight excluding hydrogens is 231 g/mol. The van der Waals surface area contributed by atoms with Gasteiger partial charge in [0.1, 0.15) is 0 Å². The number of carboxylic acids is 1. The lowest BCUT2D eigenvalue weighted by molar-refractivity contribution is -0.174. The van der Waals surface area contributed by atoms with Crippen molar-refractivity contribution in [1.82, 2.24) is 0 Å². The first kappa shape index (κ1) is 13.6. The summed E-state index contributed by atoms with van der Waals surface area (Å²) in [7, 11) is 0. The van der Waals surface area contributed by atoms with E-state index in [0.29, 0.717) is 12.8 Å². The van der Waals surface area contributed by atoms with Gasteiger partial charge in [0.2, 0.25) is 5.67 Å². The summed E-state index contributed by atoms with van der Waals surface area (Å²) in [6.07, 6.45) is 3.94. The monoisotopic (exact) mass is 254 g/mol. The van der Waals surface area contributed by atoms with Crippen molar-refractivity contribution in [2.75, 3.05) is 0 Å². The highest BCUT2D eigenvalue weighted by atomic mass is 19.1. The second kappa shape index (κ2) is 3.82. The highest BCUT2D eigenvalue weighted by molar-refractivity contribution is 5.83. The van der Waals surface area contributed by atoms with E-state index in [2.05, 4.69) is 20.4 Å². The van der Waals surface area contributed by atoms with Crippen molar-refractivity contribution in [3.8, 4) is 0 Å². The number of hydrogen-bond donors (Lipinski definition) is 1. The molecule has 3 heteroatoms. The van der Waals surface area contributed by atoms with Crippen LogP contribution in [-0.4, -0.2) is 16.7 Å². The quantitative estimate of drug-likeness (QED) is 0.719. The second-order valence-corrected chi connectivity index (χ2v) is 6.92. The van der Waals surface area contributed by atoms with E-state index < -0.39 is 17.1 Å². The van der Waals surface area contributed by atoms with Gasteiger partial charge in [0, 0.05) is 5.41 Å². The number of rotatable bonds is 1. The standard InChI is InChI=1S/C15H23FO2/c1-10-6-7-11-13(2,3)8-5-9-14(11,4)15(10,16)12(17)18/h11H,1,5-9H2,2-4H3,(H,17,18)/t11-,14-,15-/m0/s1. The van der Waals surface area contributed by atoms with Crippen LogP contribution in [0.1, 0.15) is 52.9 Å². The first-order chi connectivity index (χ1) is 8.16. The summed E-state index contributed by atoms with van der Waals surface area (Å²) in [5.74, 6) is -1.23. The van der Waals surface area contributed by atoms with Gasteiger partial charge in [-0.25, -0.2) is 9.18 Å². The minimum Gasteiger partial charge on any atom is -0.479 e. The molecular formula is C15H23FO2. The van der Waals surface area contributed by atoms with E-state index in [1.807, 2.05) is 6.92 Å². The molecule has 1 N–H and O–H groups in total. The highest BCUT2D eigenvalue weighted by Gasteiger charge is 2.65. The van der Waals surface area contributed by atoms with E-state index in [1.165, 1.54) is 0 Å². The molecule has 2 aliphatic rings. The van der Waals surface area contributed by atoms with Crippen LogP contribution in [-0.2, 0) is 4.79 Å². The van der Waals surface area contributed by atoms with Gasteiger partial charge in [-0.2, -0.15) is 0 Å². The highest BCUT2D eigenvalue weighted by Crippen LogP contribution is 2.63. The molecule has 102 valence electrons. The van der Waals surface area contributed by atoms with Crippen LogP contribution in [0.4, 0.5) is 4.39 Å². The molecule has 0 radical (unpaired) electrons. The predicted molar refractivity (Wildman–Crippen MR) is 69.1 cm³/mol. The Labute approximate surface area is 108 Å². The Bertz CT molecular complexity index is 401. The summed E-state index contributed by atoms with van der Waals surface area (Å²) >= 11 is 0. The van der Waals surface area contributed by atoms with Gasteiger partial charge in [0.15, 0.2) is 0 Å². The van der Waals surface area contributed by atoms with Gasteiger partial charge in [0.05, 0.1) is 0 Å². The number of halogens is 1. The number of carbonyl (C=O) groups is 1. The Balaban J connectivity index is 2.54. The summed E-state index contributed by atoms with van der Waals surface area (Å²) in [6.45, 7) is 9.82. The summed E-state index contributed by atoms with van der Waals surface area (Å²) in [6, 6.07) is 0. The third kappa shape index (κ3) is 1.49. The summed E-state index contributed by atoms with van der Waals surface area (Å²) in [5.41, 5.74) is -2.80. The molecule has 0 amide bonds. The molecule has 0 unspecified atom stereocenters. The molecule has 18 heavy (non-hydrogen) atoms. The van der Waals surface area contributed by atoms with Gasteiger partial charge in [-0.1, -0.05) is 33.8 Å². The Morgan fingerprint density at radius 2 is 2.00 bits per heavy atom. The maximum Gasteiger partial charge on any atom is 0.346 e. The van der Waals surface area contributed by atoms with Gasteiger partial charge in [-0.05, 0) is 42.6 Å².